The van der Waals surface area contributed by atoms with Crippen molar-refractivity contribution in [3.63, 3.8) is 0 Å². The maximum atomic E-state index is 13.7. The Hall–Kier alpha value is -5.65. The van der Waals surface area contributed by atoms with Crippen LogP contribution in [0.25, 0.3) is 11.0 Å². The standard InChI is InChI=1S/C34H37FN12O/c1-46(2)31(48)29(17-22-6-8-23(19-36)9-7-22)42-34-44-32(38-20-30-40-27-11-10-25(35)18-28(27)41-30)43-33(45-34)39-26-5-3-4-24(16-26)21-47-14-12-37-13-15-47/h3-11,16,18,29,37H,12-15,17,20-21H2,1-2H3,(H,40,41)(H3,38,39,42,43,44,45)/t29-/m0/s1. The molecule has 1 atom stereocenters. The van der Waals surface area contributed by atoms with Crippen LogP contribution in [-0.4, -0.2) is 86.9 Å². The summed E-state index contributed by atoms with van der Waals surface area (Å²) >= 11 is 0. The molecule has 1 fully saturated rings. The number of likely N-dealkylation sites (N-methyl/N-ethyl adjacent to an activating group) is 1. The van der Waals surface area contributed by atoms with Crippen molar-refractivity contribution in [1.82, 2.24) is 40.0 Å². The van der Waals surface area contributed by atoms with Crippen molar-refractivity contribution in [2.75, 3.05) is 56.2 Å². The van der Waals surface area contributed by atoms with Crippen molar-refractivity contribution < 1.29 is 9.18 Å². The van der Waals surface area contributed by atoms with Crippen LogP contribution in [0, 0.1) is 17.1 Å². The number of fused-ring (bicyclic) bond motifs is 1. The molecular weight excluding hydrogens is 611 g/mol. The van der Waals surface area contributed by atoms with E-state index in [4.69, 9.17) is 0 Å². The molecule has 1 aliphatic rings. The summed E-state index contributed by atoms with van der Waals surface area (Å²) < 4.78 is 13.7. The number of carbonyl (C=O) groups excluding carboxylic acids is 1. The Labute approximate surface area is 277 Å². The van der Waals surface area contributed by atoms with E-state index in [0.29, 0.717) is 28.8 Å². The van der Waals surface area contributed by atoms with Gasteiger partial charge in [-0.3, -0.25) is 9.69 Å². The van der Waals surface area contributed by atoms with E-state index in [0.717, 1.165) is 49.5 Å². The van der Waals surface area contributed by atoms with Gasteiger partial charge in [0.2, 0.25) is 23.8 Å². The molecule has 0 saturated carbocycles. The Kier molecular flexibility index (Phi) is 9.99. The highest BCUT2D eigenvalue weighted by molar-refractivity contribution is 5.84. The second kappa shape index (κ2) is 14.8. The molecule has 0 spiro atoms. The third-order valence-corrected chi connectivity index (χ3v) is 7.91. The molecule has 48 heavy (non-hydrogen) atoms. The van der Waals surface area contributed by atoms with Crippen molar-refractivity contribution in [3.05, 3.63) is 95.1 Å². The predicted octanol–water partition coefficient (Wildman–Crippen LogP) is 3.63. The summed E-state index contributed by atoms with van der Waals surface area (Å²) in [6.45, 7) is 4.99. The van der Waals surface area contributed by atoms with Gasteiger partial charge in [0, 0.05) is 58.9 Å². The van der Waals surface area contributed by atoms with Gasteiger partial charge in [-0.2, -0.15) is 20.2 Å². The quantitative estimate of drug-likeness (QED) is 0.134. The fourth-order valence-electron chi connectivity index (χ4n) is 5.48. The number of carbonyl (C=O) groups is 1. The number of anilines is 4. The van der Waals surface area contributed by atoms with Gasteiger partial charge in [-0.05, 0) is 53.6 Å². The van der Waals surface area contributed by atoms with Crippen LogP contribution in [-0.2, 0) is 24.3 Å². The summed E-state index contributed by atoms with van der Waals surface area (Å²) in [6, 6.07) is 21.0. The summed E-state index contributed by atoms with van der Waals surface area (Å²) in [5, 5.41) is 22.3. The Balaban J connectivity index is 1.26. The fraction of sp³-hybridized carbons (Fsp3) is 0.294. The lowest BCUT2D eigenvalue weighted by Gasteiger charge is -2.27. The zero-order valence-corrected chi connectivity index (χ0v) is 26.8. The number of nitrogens with zero attached hydrogens (tertiary/aromatic N) is 7. The molecule has 0 aliphatic carbocycles. The summed E-state index contributed by atoms with van der Waals surface area (Å²) in [4.78, 5) is 38.7. The van der Waals surface area contributed by atoms with E-state index in [9.17, 15) is 14.4 Å². The first-order valence-corrected chi connectivity index (χ1v) is 15.7. The van der Waals surface area contributed by atoms with E-state index in [-0.39, 0.29) is 36.1 Å². The molecule has 3 heterocycles. The van der Waals surface area contributed by atoms with E-state index < -0.39 is 6.04 Å². The largest absolute Gasteiger partial charge is 0.347 e. The maximum absolute atomic E-state index is 13.7. The smallest absolute Gasteiger partial charge is 0.244 e. The second-order valence-electron chi connectivity index (χ2n) is 11.8. The van der Waals surface area contributed by atoms with Gasteiger partial charge < -0.3 is 31.2 Å². The van der Waals surface area contributed by atoms with E-state index in [1.807, 2.05) is 24.3 Å². The first kappa shape index (κ1) is 32.3. The molecule has 1 amide bonds. The molecule has 3 aromatic carbocycles. The zero-order chi connectivity index (χ0) is 33.5. The minimum absolute atomic E-state index is 0.168. The van der Waals surface area contributed by atoms with Gasteiger partial charge in [0.15, 0.2) is 0 Å². The molecule has 246 valence electrons. The molecular formula is C34H37FN12O. The van der Waals surface area contributed by atoms with E-state index in [1.165, 1.54) is 17.0 Å². The number of nitriles is 1. The lowest BCUT2D eigenvalue weighted by molar-refractivity contribution is -0.129. The molecule has 5 N–H and O–H groups in total. The number of halogens is 1. The van der Waals surface area contributed by atoms with E-state index in [1.54, 1.807) is 32.3 Å². The number of hydrogen-bond donors (Lipinski definition) is 5. The first-order valence-electron chi connectivity index (χ1n) is 15.7. The fourth-order valence-corrected chi connectivity index (χ4v) is 5.48. The molecule has 0 bridgehead atoms. The van der Waals surface area contributed by atoms with Gasteiger partial charge >= 0.3 is 0 Å². The lowest BCUT2D eigenvalue weighted by atomic mass is 10.0. The van der Waals surface area contributed by atoms with E-state index in [2.05, 4.69) is 69.3 Å². The Bertz CT molecular complexity index is 1910. The van der Waals surface area contributed by atoms with Crippen LogP contribution in [0.2, 0.25) is 0 Å². The highest BCUT2D eigenvalue weighted by atomic mass is 19.1. The van der Waals surface area contributed by atoms with Crippen LogP contribution >= 0.6 is 0 Å². The molecule has 1 saturated heterocycles. The minimum Gasteiger partial charge on any atom is -0.347 e. The SMILES string of the molecule is CN(C)C(=O)[C@H](Cc1ccc(C#N)cc1)Nc1nc(NCc2nc3ccc(F)cc3[nH]2)nc(Nc2cccc(CN3CCNCC3)c2)n1. The lowest BCUT2D eigenvalue weighted by Crippen LogP contribution is -2.42. The molecule has 1 aliphatic heterocycles. The molecule has 13 nitrogen and oxygen atoms in total. The van der Waals surface area contributed by atoms with Crippen LogP contribution < -0.4 is 21.3 Å². The number of imidazole rings is 1. The van der Waals surface area contributed by atoms with Crippen LogP contribution in [0.15, 0.2) is 66.7 Å². The number of hydrogen-bond acceptors (Lipinski definition) is 11. The van der Waals surface area contributed by atoms with Gasteiger partial charge in [-0.15, -0.1) is 0 Å². The summed E-state index contributed by atoms with van der Waals surface area (Å²) in [7, 11) is 3.38. The van der Waals surface area contributed by atoms with Crippen LogP contribution in [0.5, 0.6) is 0 Å². The topological polar surface area (TPSA) is 163 Å². The number of piperazine rings is 1. The summed E-state index contributed by atoms with van der Waals surface area (Å²) in [5.74, 6) is 0.756. The normalized spacial score (nSPS) is 13.9. The monoisotopic (exact) mass is 648 g/mol. The molecule has 14 heteroatoms. The van der Waals surface area contributed by atoms with E-state index >= 15 is 0 Å². The van der Waals surface area contributed by atoms with Gasteiger partial charge in [0.1, 0.15) is 17.7 Å². The number of nitrogens with one attached hydrogen (secondary N) is 5. The van der Waals surface area contributed by atoms with Crippen molar-refractivity contribution in [1.29, 1.82) is 5.26 Å². The van der Waals surface area contributed by atoms with Crippen molar-refractivity contribution >= 4 is 40.5 Å². The molecule has 6 rings (SSSR count). The Morgan fingerprint density at radius 3 is 2.52 bits per heavy atom. The maximum Gasteiger partial charge on any atom is 0.244 e. The second-order valence-corrected chi connectivity index (χ2v) is 11.8. The number of benzene rings is 3. The van der Waals surface area contributed by atoms with Gasteiger partial charge in [0.05, 0.1) is 29.2 Å². The number of rotatable bonds is 12. The third-order valence-electron chi connectivity index (χ3n) is 7.91. The number of aromatic amines is 1. The Morgan fingerprint density at radius 1 is 0.979 bits per heavy atom. The average molecular weight is 649 g/mol. The van der Waals surface area contributed by atoms with Crippen molar-refractivity contribution in [3.8, 4) is 6.07 Å². The molecule has 2 aromatic heterocycles. The van der Waals surface area contributed by atoms with Crippen molar-refractivity contribution in [2.45, 2.75) is 25.6 Å². The Morgan fingerprint density at radius 2 is 1.75 bits per heavy atom. The number of aromatic nitrogens is 5. The summed E-state index contributed by atoms with van der Waals surface area (Å²) in [6.07, 6.45) is 0.337. The van der Waals surface area contributed by atoms with Crippen LogP contribution in [0.1, 0.15) is 22.5 Å². The van der Waals surface area contributed by atoms with Crippen molar-refractivity contribution in [2.24, 2.45) is 0 Å². The molecule has 0 unspecified atom stereocenters. The summed E-state index contributed by atoms with van der Waals surface area (Å²) in [5.41, 5.74) is 4.60. The molecule has 0 radical (unpaired) electrons. The number of amides is 1. The third kappa shape index (κ3) is 8.38. The minimum atomic E-state index is -0.705. The predicted molar refractivity (Wildman–Crippen MR) is 182 cm³/mol. The zero-order valence-electron chi connectivity index (χ0n) is 26.8. The van der Waals surface area contributed by atoms with Gasteiger partial charge in [-0.1, -0.05) is 24.3 Å². The number of H-pyrrole nitrogens is 1. The van der Waals surface area contributed by atoms with Crippen LogP contribution in [0.3, 0.4) is 0 Å². The molecule has 5 aromatic rings. The highest BCUT2D eigenvalue weighted by Crippen LogP contribution is 2.21. The van der Waals surface area contributed by atoms with Gasteiger partial charge in [-0.25, -0.2) is 9.37 Å². The van der Waals surface area contributed by atoms with Crippen LogP contribution in [0.4, 0.5) is 27.9 Å². The first-order chi connectivity index (χ1) is 23.3. The average Bonchev–Trinajstić information content (AvgIpc) is 3.49. The van der Waals surface area contributed by atoms with Gasteiger partial charge in [0.25, 0.3) is 0 Å². The highest BCUT2D eigenvalue weighted by Gasteiger charge is 2.23.